The molecular weight excluding hydrogens is 430 g/mol. The fourth-order valence-electron chi connectivity index (χ4n) is 4.32. The van der Waals surface area contributed by atoms with Crippen molar-refractivity contribution >= 4 is 18.0 Å². The van der Waals surface area contributed by atoms with Crippen molar-refractivity contribution in [3.63, 3.8) is 0 Å². The minimum Gasteiger partial charge on any atom is -0.465 e. The standard InChI is InChI=1S/C28H57NO3S/c1-4-6-8-10-11-15-21-26(20-14-9-7-5-2)28(30)31-24-18-12-16-22-27(29)23-17-13-19-25-32-33-3/h26-27H,4-25,29H2,1-3H3. The average molecular weight is 488 g/mol. The zero-order chi connectivity index (χ0) is 24.4. The third-order valence-corrected chi connectivity index (χ3v) is 6.93. The zero-order valence-electron chi connectivity index (χ0n) is 22.4. The van der Waals surface area contributed by atoms with E-state index in [9.17, 15) is 4.79 Å². The molecule has 0 bridgehead atoms. The Labute approximate surface area is 211 Å². The van der Waals surface area contributed by atoms with Crippen molar-refractivity contribution in [1.82, 2.24) is 0 Å². The molecule has 0 aliphatic rings. The minimum absolute atomic E-state index is 0.0576. The highest BCUT2D eigenvalue weighted by Crippen LogP contribution is 2.21. The predicted molar refractivity (Wildman–Crippen MR) is 146 cm³/mol. The SMILES string of the molecule is CCCCCCCCC(CCCCCC)C(=O)OCCCCCC(N)CCCCCOSC. The van der Waals surface area contributed by atoms with Crippen LogP contribution >= 0.6 is 12.0 Å². The Morgan fingerprint density at radius 2 is 1.12 bits per heavy atom. The molecule has 198 valence electrons. The summed E-state index contributed by atoms with van der Waals surface area (Å²) in [7, 11) is 0. The van der Waals surface area contributed by atoms with Crippen LogP contribution in [0.15, 0.2) is 0 Å². The van der Waals surface area contributed by atoms with E-state index in [1.807, 2.05) is 6.26 Å². The number of hydrogen-bond acceptors (Lipinski definition) is 5. The van der Waals surface area contributed by atoms with Crippen LogP contribution < -0.4 is 5.73 Å². The van der Waals surface area contributed by atoms with Crippen molar-refractivity contribution in [1.29, 1.82) is 0 Å². The highest BCUT2D eigenvalue weighted by Gasteiger charge is 2.19. The third kappa shape index (κ3) is 23.3. The van der Waals surface area contributed by atoms with E-state index >= 15 is 0 Å². The van der Waals surface area contributed by atoms with Gasteiger partial charge in [0.1, 0.15) is 0 Å². The lowest BCUT2D eigenvalue weighted by Crippen LogP contribution is -2.20. The first-order valence-corrected chi connectivity index (χ1v) is 15.4. The number of rotatable bonds is 26. The molecule has 0 aromatic rings. The lowest BCUT2D eigenvalue weighted by Gasteiger charge is -2.16. The van der Waals surface area contributed by atoms with Gasteiger partial charge in [0.05, 0.1) is 19.1 Å². The van der Waals surface area contributed by atoms with Crippen LogP contribution in [0, 0.1) is 5.92 Å². The molecule has 0 aromatic carbocycles. The van der Waals surface area contributed by atoms with Crippen LogP contribution in [0.25, 0.3) is 0 Å². The first-order valence-electron chi connectivity index (χ1n) is 14.2. The number of unbranched alkanes of at least 4 members (excludes halogenated alkanes) is 12. The van der Waals surface area contributed by atoms with Gasteiger partial charge in [0, 0.05) is 12.3 Å². The van der Waals surface area contributed by atoms with Gasteiger partial charge in [-0.25, -0.2) is 0 Å². The molecule has 33 heavy (non-hydrogen) atoms. The Balaban J connectivity index is 3.89. The molecule has 0 amide bonds. The van der Waals surface area contributed by atoms with E-state index < -0.39 is 0 Å². The maximum absolute atomic E-state index is 12.7. The van der Waals surface area contributed by atoms with E-state index in [-0.39, 0.29) is 11.9 Å². The first-order chi connectivity index (χ1) is 16.2. The average Bonchev–Trinajstić information content (AvgIpc) is 2.81. The number of hydrogen-bond donors (Lipinski definition) is 1. The van der Waals surface area contributed by atoms with Crippen molar-refractivity contribution in [3.8, 4) is 0 Å². The highest BCUT2D eigenvalue weighted by atomic mass is 32.2. The molecule has 0 fully saturated rings. The molecule has 0 heterocycles. The summed E-state index contributed by atoms with van der Waals surface area (Å²) in [6, 6.07) is 0.304. The molecule has 0 saturated heterocycles. The van der Waals surface area contributed by atoms with Crippen LogP contribution in [0.5, 0.6) is 0 Å². The molecule has 4 nitrogen and oxygen atoms in total. The van der Waals surface area contributed by atoms with Crippen LogP contribution in [-0.4, -0.2) is 31.5 Å². The van der Waals surface area contributed by atoms with Crippen molar-refractivity contribution < 1.29 is 13.7 Å². The molecule has 0 aromatic heterocycles. The van der Waals surface area contributed by atoms with Crippen molar-refractivity contribution in [2.75, 3.05) is 19.5 Å². The van der Waals surface area contributed by atoms with Gasteiger partial charge in [-0.3, -0.25) is 4.79 Å². The first kappa shape index (κ1) is 32.7. The van der Waals surface area contributed by atoms with Crippen LogP contribution in [0.1, 0.15) is 142 Å². The Hall–Kier alpha value is -0.260. The van der Waals surface area contributed by atoms with Crippen molar-refractivity contribution in [3.05, 3.63) is 0 Å². The van der Waals surface area contributed by atoms with E-state index in [0.717, 1.165) is 64.4 Å². The predicted octanol–water partition coefficient (Wildman–Crippen LogP) is 8.61. The molecule has 0 radical (unpaired) electrons. The molecule has 2 N–H and O–H groups in total. The van der Waals surface area contributed by atoms with Gasteiger partial charge in [-0.05, 0) is 50.6 Å². The van der Waals surface area contributed by atoms with Gasteiger partial charge < -0.3 is 14.7 Å². The van der Waals surface area contributed by atoms with E-state index in [2.05, 4.69) is 13.8 Å². The molecule has 0 saturated carbocycles. The molecule has 0 aliphatic carbocycles. The summed E-state index contributed by atoms with van der Waals surface area (Å²) in [6.07, 6.45) is 25.4. The van der Waals surface area contributed by atoms with Crippen LogP contribution in [0.2, 0.25) is 0 Å². The van der Waals surface area contributed by atoms with Crippen molar-refractivity contribution in [2.24, 2.45) is 11.7 Å². The smallest absolute Gasteiger partial charge is 0.308 e. The number of esters is 1. The third-order valence-electron chi connectivity index (χ3n) is 6.53. The van der Waals surface area contributed by atoms with Gasteiger partial charge in [-0.2, -0.15) is 0 Å². The Kier molecular flexibility index (Phi) is 26.1. The fourth-order valence-corrected chi connectivity index (χ4v) is 4.60. The van der Waals surface area contributed by atoms with Gasteiger partial charge in [0.2, 0.25) is 0 Å². The highest BCUT2D eigenvalue weighted by molar-refractivity contribution is 7.93. The molecule has 0 spiro atoms. The lowest BCUT2D eigenvalue weighted by molar-refractivity contribution is -0.149. The second-order valence-electron chi connectivity index (χ2n) is 9.72. The summed E-state index contributed by atoms with van der Waals surface area (Å²) in [4.78, 5) is 12.7. The van der Waals surface area contributed by atoms with E-state index in [4.69, 9.17) is 14.7 Å². The second-order valence-corrected chi connectivity index (χ2v) is 10.3. The van der Waals surface area contributed by atoms with Crippen LogP contribution in [0.4, 0.5) is 0 Å². The summed E-state index contributed by atoms with van der Waals surface area (Å²) in [5.41, 5.74) is 6.25. The summed E-state index contributed by atoms with van der Waals surface area (Å²) < 4.78 is 11.0. The summed E-state index contributed by atoms with van der Waals surface area (Å²) in [5, 5.41) is 0. The van der Waals surface area contributed by atoms with Gasteiger partial charge >= 0.3 is 5.97 Å². The Bertz CT molecular complexity index is 409. The quantitative estimate of drug-likeness (QED) is 0.0751. The van der Waals surface area contributed by atoms with Gasteiger partial charge in [0.25, 0.3) is 0 Å². The molecule has 0 aliphatic heterocycles. The Morgan fingerprint density at radius 1 is 0.667 bits per heavy atom. The molecule has 0 rings (SSSR count). The molecule has 5 heteroatoms. The van der Waals surface area contributed by atoms with Crippen LogP contribution in [0.3, 0.4) is 0 Å². The van der Waals surface area contributed by atoms with Crippen LogP contribution in [-0.2, 0) is 13.7 Å². The molecular formula is C28H57NO3S. The summed E-state index contributed by atoms with van der Waals surface area (Å²) in [6.45, 7) is 5.90. The normalized spacial score (nSPS) is 13.2. The molecule has 2 atom stereocenters. The van der Waals surface area contributed by atoms with Gasteiger partial charge in [0.15, 0.2) is 0 Å². The van der Waals surface area contributed by atoms with Gasteiger partial charge in [-0.1, -0.05) is 104 Å². The Morgan fingerprint density at radius 3 is 1.70 bits per heavy atom. The monoisotopic (exact) mass is 487 g/mol. The summed E-state index contributed by atoms with van der Waals surface area (Å²) in [5.74, 6) is 0.171. The number of carbonyl (C=O) groups excluding carboxylic acids is 1. The van der Waals surface area contributed by atoms with E-state index in [1.54, 1.807) is 0 Å². The second kappa shape index (κ2) is 26.3. The number of carbonyl (C=O) groups is 1. The largest absolute Gasteiger partial charge is 0.465 e. The van der Waals surface area contributed by atoms with E-state index in [0.29, 0.717) is 12.6 Å². The van der Waals surface area contributed by atoms with Gasteiger partial charge in [-0.15, -0.1) is 0 Å². The number of ether oxygens (including phenoxy) is 1. The van der Waals surface area contributed by atoms with Crippen molar-refractivity contribution in [2.45, 2.75) is 148 Å². The number of nitrogens with two attached hydrogens (primary N) is 1. The topological polar surface area (TPSA) is 61.5 Å². The summed E-state index contributed by atoms with van der Waals surface area (Å²) >= 11 is 1.44. The molecule has 2 unspecified atom stereocenters. The maximum atomic E-state index is 12.7. The lowest BCUT2D eigenvalue weighted by atomic mass is 9.94. The fraction of sp³-hybridized carbons (Fsp3) is 0.964. The van der Waals surface area contributed by atoms with E-state index in [1.165, 1.54) is 82.7 Å². The minimum atomic E-state index is 0.0576. The maximum Gasteiger partial charge on any atom is 0.308 e. The zero-order valence-corrected chi connectivity index (χ0v) is 23.2.